The number of primary sulfonamides is 1. The second-order valence-corrected chi connectivity index (χ2v) is 5.71. The number of allylic oxidation sites excluding steroid dienone is 1. The molecular weight excluding hydrogens is 236 g/mol. The van der Waals surface area contributed by atoms with Gasteiger partial charge in [-0.15, -0.1) is 0 Å². The summed E-state index contributed by atoms with van der Waals surface area (Å²) in [6.45, 7) is 0.634. The first-order valence-corrected chi connectivity index (χ1v) is 6.90. The summed E-state index contributed by atoms with van der Waals surface area (Å²) in [6.07, 6.45) is 8.07. The molecule has 1 aliphatic carbocycles. The third-order valence-electron chi connectivity index (χ3n) is 3.11. The molecule has 1 heterocycles. The summed E-state index contributed by atoms with van der Waals surface area (Å²) in [4.78, 5) is 0.285. The predicted octanol–water partition coefficient (Wildman–Crippen LogP) is 0.977. The average Bonchev–Trinajstić information content (AvgIpc) is 2.71. The number of nitrogens with one attached hydrogen (secondary N) is 1. The van der Waals surface area contributed by atoms with E-state index in [1.807, 2.05) is 18.2 Å². The largest absolute Gasteiger partial charge is 0.387 e. The van der Waals surface area contributed by atoms with Crippen LogP contribution in [0.2, 0.25) is 0 Å². The normalized spacial score (nSPS) is 16.5. The van der Waals surface area contributed by atoms with Gasteiger partial charge in [-0.2, -0.15) is 0 Å². The molecule has 4 nitrogen and oxygen atoms in total. The predicted molar refractivity (Wildman–Crippen MR) is 66.4 cm³/mol. The van der Waals surface area contributed by atoms with Crippen molar-refractivity contribution in [3.8, 4) is 0 Å². The van der Waals surface area contributed by atoms with Crippen molar-refractivity contribution in [2.75, 3.05) is 0 Å². The molecule has 0 fully saturated rings. The number of rotatable bonds is 1. The molecule has 0 atom stereocenters. The Morgan fingerprint density at radius 3 is 2.88 bits per heavy atom. The maximum Gasteiger partial charge on any atom is 0.238 e. The van der Waals surface area contributed by atoms with Crippen LogP contribution in [0.1, 0.15) is 22.3 Å². The summed E-state index contributed by atoms with van der Waals surface area (Å²) in [5.41, 5.74) is 3.48. The van der Waals surface area contributed by atoms with Gasteiger partial charge in [-0.3, -0.25) is 0 Å². The maximum atomic E-state index is 11.8. The molecule has 0 saturated carbocycles. The Morgan fingerprint density at radius 2 is 2.12 bits per heavy atom. The fourth-order valence-electron chi connectivity index (χ4n) is 2.42. The lowest BCUT2D eigenvalue weighted by Crippen LogP contribution is -2.20. The monoisotopic (exact) mass is 248 g/mol. The topological polar surface area (TPSA) is 72.2 Å². The Hall–Kier alpha value is -1.59. The van der Waals surface area contributed by atoms with Gasteiger partial charge >= 0.3 is 0 Å². The molecule has 3 rings (SSSR count). The highest BCUT2D eigenvalue weighted by atomic mass is 32.2. The highest BCUT2D eigenvalue weighted by Crippen LogP contribution is 2.33. The summed E-state index contributed by atoms with van der Waals surface area (Å²) in [7, 11) is -3.69. The molecule has 0 spiro atoms. The van der Waals surface area contributed by atoms with Crippen molar-refractivity contribution in [3.05, 3.63) is 40.6 Å². The van der Waals surface area contributed by atoms with Crippen LogP contribution in [-0.4, -0.2) is 8.42 Å². The minimum atomic E-state index is -3.69. The Morgan fingerprint density at radius 1 is 1.29 bits per heavy atom. The van der Waals surface area contributed by atoms with Crippen LogP contribution in [-0.2, 0) is 23.0 Å². The molecule has 3 N–H and O–H groups in total. The molecule has 0 unspecified atom stereocenters. The first-order valence-electron chi connectivity index (χ1n) is 5.35. The van der Waals surface area contributed by atoms with E-state index >= 15 is 0 Å². The van der Waals surface area contributed by atoms with Gasteiger partial charge in [0.2, 0.25) is 10.0 Å². The van der Waals surface area contributed by atoms with Crippen molar-refractivity contribution in [2.24, 2.45) is 5.14 Å². The summed E-state index contributed by atoms with van der Waals surface area (Å²) in [5.74, 6) is 0. The van der Waals surface area contributed by atoms with Crippen molar-refractivity contribution in [3.63, 3.8) is 0 Å². The van der Waals surface area contributed by atoms with Crippen molar-refractivity contribution < 1.29 is 8.42 Å². The lowest BCUT2D eigenvalue weighted by atomic mass is 9.98. The van der Waals surface area contributed by atoms with Crippen LogP contribution in [0.5, 0.6) is 0 Å². The minimum absolute atomic E-state index is 0.285. The van der Waals surface area contributed by atoms with E-state index in [1.54, 1.807) is 12.3 Å². The second-order valence-electron chi connectivity index (χ2n) is 4.21. The summed E-state index contributed by atoms with van der Waals surface area (Å²) < 4.78 is 23.5. The number of benzene rings is 1. The SMILES string of the molecule is NS(=O)(=O)c1c2c(cc3c1CC=C3)CNC=C2. The first kappa shape index (κ1) is 10.6. The Bertz CT molecular complexity index is 658. The van der Waals surface area contributed by atoms with Gasteiger partial charge in [0.1, 0.15) is 0 Å². The van der Waals surface area contributed by atoms with Gasteiger partial charge in [0.15, 0.2) is 0 Å². The van der Waals surface area contributed by atoms with Crippen molar-refractivity contribution in [2.45, 2.75) is 17.9 Å². The summed E-state index contributed by atoms with van der Waals surface area (Å²) in [5, 5.41) is 8.41. The molecule has 0 amide bonds. The lowest BCUT2D eigenvalue weighted by molar-refractivity contribution is 0.596. The van der Waals surface area contributed by atoms with Gasteiger partial charge in [-0.25, -0.2) is 13.6 Å². The zero-order valence-electron chi connectivity index (χ0n) is 9.10. The highest BCUT2D eigenvalue weighted by Gasteiger charge is 2.25. The Kier molecular flexibility index (Phi) is 2.14. The minimum Gasteiger partial charge on any atom is -0.387 e. The Balaban J connectivity index is 2.41. The number of hydrogen-bond acceptors (Lipinski definition) is 3. The van der Waals surface area contributed by atoms with Gasteiger partial charge in [0, 0.05) is 12.1 Å². The van der Waals surface area contributed by atoms with E-state index < -0.39 is 10.0 Å². The Labute approximate surface area is 99.9 Å². The van der Waals surface area contributed by atoms with Crippen LogP contribution in [0, 0.1) is 0 Å². The molecule has 5 heteroatoms. The van der Waals surface area contributed by atoms with E-state index in [4.69, 9.17) is 5.14 Å². The van der Waals surface area contributed by atoms with E-state index in [9.17, 15) is 8.42 Å². The quantitative estimate of drug-likeness (QED) is 0.778. The zero-order valence-corrected chi connectivity index (χ0v) is 9.92. The van der Waals surface area contributed by atoms with Crippen molar-refractivity contribution in [1.82, 2.24) is 5.32 Å². The molecule has 0 bridgehead atoms. The van der Waals surface area contributed by atoms with Gasteiger partial charge < -0.3 is 5.32 Å². The van der Waals surface area contributed by atoms with Gasteiger partial charge in [-0.05, 0) is 41.5 Å². The van der Waals surface area contributed by atoms with Crippen molar-refractivity contribution >= 4 is 22.2 Å². The molecule has 1 aromatic carbocycles. The van der Waals surface area contributed by atoms with Crippen LogP contribution in [0.3, 0.4) is 0 Å². The van der Waals surface area contributed by atoms with Gasteiger partial charge in [0.05, 0.1) is 4.90 Å². The van der Waals surface area contributed by atoms with E-state index in [0.717, 1.165) is 22.3 Å². The molecule has 1 aliphatic heterocycles. The first-order chi connectivity index (χ1) is 8.07. The fraction of sp³-hybridized carbons (Fsp3) is 0.167. The van der Waals surface area contributed by atoms with E-state index in [2.05, 4.69) is 5.32 Å². The molecule has 2 aliphatic rings. The number of sulfonamides is 1. The van der Waals surface area contributed by atoms with Crippen LogP contribution in [0.15, 0.2) is 23.2 Å². The summed E-state index contributed by atoms with van der Waals surface area (Å²) in [6, 6.07) is 2.03. The molecule has 0 aromatic heterocycles. The van der Waals surface area contributed by atoms with Gasteiger partial charge in [-0.1, -0.05) is 12.2 Å². The molecule has 1 aromatic rings. The number of nitrogens with two attached hydrogens (primary N) is 1. The third-order valence-corrected chi connectivity index (χ3v) is 4.14. The van der Waals surface area contributed by atoms with E-state index in [-0.39, 0.29) is 4.90 Å². The average molecular weight is 248 g/mol. The van der Waals surface area contributed by atoms with Crippen LogP contribution < -0.4 is 10.5 Å². The van der Waals surface area contributed by atoms with Gasteiger partial charge in [0.25, 0.3) is 0 Å². The molecule has 88 valence electrons. The smallest absolute Gasteiger partial charge is 0.238 e. The maximum absolute atomic E-state index is 11.8. The molecule has 0 radical (unpaired) electrons. The van der Waals surface area contributed by atoms with E-state index in [1.165, 1.54) is 0 Å². The highest BCUT2D eigenvalue weighted by molar-refractivity contribution is 7.89. The second kappa shape index (κ2) is 3.45. The molecule has 17 heavy (non-hydrogen) atoms. The van der Waals surface area contributed by atoms with Crippen molar-refractivity contribution in [1.29, 1.82) is 0 Å². The standard InChI is InChI=1S/C12H12N2O2S/c13-17(15,16)12-10-3-1-2-8(10)6-9-7-14-5-4-11(9)12/h1-2,4-6,14H,3,7H2,(H2,13,15,16). The van der Waals surface area contributed by atoms with Crippen LogP contribution in [0.4, 0.5) is 0 Å². The van der Waals surface area contributed by atoms with Crippen LogP contribution >= 0.6 is 0 Å². The van der Waals surface area contributed by atoms with E-state index in [0.29, 0.717) is 13.0 Å². The number of hydrogen-bond donors (Lipinski definition) is 2. The fourth-order valence-corrected chi connectivity index (χ4v) is 3.47. The summed E-state index contributed by atoms with van der Waals surface area (Å²) >= 11 is 0. The lowest BCUT2D eigenvalue weighted by Gasteiger charge is -2.18. The molecule has 0 saturated heterocycles. The zero-order chi connectivity index (χ0) is 12.0. The van der Waals surface area contributed by atoms with Crippen LogP contribution in [0.25, 0.3) is 12.2 Å². The third kappa shape index (κ3) is 1.59. The molecular formula is C12H12N2O2S. The number of fused-ring (bicyclic) bond motifs is 2.